The maximum atomic E-state index is 12.1. The lowest BCUT2D eigenvalue weighted by Crippen LogP contribution is -2.41. The van der Waals surface area contributed by atoms with E-state index in [-0.39, 0.29) is 5.91 Å². The molecule has 0 unspecified atom stereocenters. The van der Waals surface area contributed by atoms with Crippen LogP contribution in [0, 0.1) is 5.92 Å². The molecule has 1 amide bonds. The van der Waals surface area contributed by atoms with Crippen LogP contribution in [0.15, 0.2) is 29.2 Å². The molecule has 0 atom stereocenters. The zero-order valence-electron chi connectivity index (χ0n) is 15.2. The Labute approximate surface area is 155 Å². The highest BCUT2D eigenvalue weighted by Crippen LogP contribution is 2.23. The number of hydrogen-bond acceptors (Lipinski definition) is 4. The van der Waals surface area contributed by atoms with Crippen molar-refractivity contribution in [3.05, 3.63) is 29.8 Å². The first-order valence-corrected chi connectivity index (χ1v) is 11.4. The van der Waals surface area contributed by atoms with E-state index in [0.29, 0.717) is 37.2 Å². The fraction of sp³-hybridized carbons (Fsp3) is 0.611. The Balaban J connectivity index is 1.72. The van der Waals surface area contributed by atoms with E-state index >= 15 is 0 Å². The Morgan fingerprint density at radius 2 is 1.84 bits per heavy atom. The molecule has 1 fully saturated rings. The molecule has 1 aromatic carbocycles. The molecular weight excluding hydrogens is 356 g/mol. The largest absolute Gasteiger partial charge is 0.356 e. The lowest BCUT2D eigenvalue weighted by atomic mass is 9.98. The number of sulfonamides is 1. The van der Waals surface area contributed by atoms with E-state index in [1.165, 1.54) is 15.5 Å². The van der Waals surface area contributed by atoms with Crippen LogP contribution < -0.4 is 5.32 Å². The number of hydrogen-bond donors (Lipinski definition) is 1. The molecule has 25 heavy (non-hydrogen) atoms. The first kappa shape index (κ1) is 20.3. The van der Waals surface area contributed by atoms with Crippen molar-refractivity contribution in [3.8, 4) is 0 Å². The highest BCUT2D eigenvalue weighted by Gasteiger charge is 2.24. The summed E-state index contributed by atoms with van der Waals surface area (Å²) in [4.78, 5) is 13.3. The van der Waals surface area contributed by atoms with Gasteiger partial charge in [-0.15, -0.1) is 11.8 Å². The standard InChI is InChI=1S/C18H28N2O3S2/c1-14(2)24-17-6-4-15(5-7-17)12-18(21)19-13-16-8-10-20(11-9-16)25(3,22)23/h4-7,14,16H,8-13H2,1-3H3,(H,19,21). The minimum atomic E-state index is -3.09. The van der Waals surface area contributed by atoms with Crippen LogP contribution in [0.2, 0.25) is 0 Å². The quantitative estimate of drug-likeness (QED) is 0.734. The maximum Gasteiger partial charge on any atom is 0.224 e. The number of rotatable bonds is 7. The predicted molar refractivity (Wildman–Crippen MR) is 103 cm³/mol. The molecule has 2 rings (SSSR count). The number of nitrogens with one attached hydrogen (secondary N) is 1. The van der Waals surface area contributed by atoms with Gasteiger partial charge in [0, 0.05) is 29.8 Å². The zero-order chi connectivity index (χ0) is 18.4. The van der Waals surface area contributed by atoms with Crippen molar-refractivity contribution in [2.24, 2.45) is 5.92 Å². The van der Waals surface area contributed by atoms with Gasteiger partial charge in [-0.3, -0.25) is 4.79 Å². The molecule has 7 heteroatoms. The molecule has 0 spiro atoms. The summed E-state index contributed by atoms with van der Waals surface area (Å²) in [6.07, 6.45) is 3.23. The first-order valence-electron chi connectivity index (χ1n) is 8.71. The number of nitrogens with zero attached hydrogens (tertiary/aromatic N) is 1. The Morgan fingerprint density at radius 3 is 2.36 bits per heavy atom. The van der Waals surface area contributed by atoms with Crippen molar-refractivity contribution in [3.63, 3.8) is 0 Å². The minimum Gasteiger partial charge on any atom is -0.356 e. The SMILES string of the molecule is CC(C)Sc1ccc(CC(=O)NCC2CCN(S(C)(=O)=O)CC2)cc1. The van der Waals surface area contributed by atoms with Crippen LogP contribution in [-0.2, 0) is 21.2 Å². The maximum absolute atomic E-state index is 12.1. The summed E-state index contributed by atoms with van der Waals surface area (Å²) in [5, 5.41) is 3.53. The van der Waals surface area contributed by atoms with Crippen LogP contribution in [0.4, 0.5) is 0 Å². The van der Waals surface area contributed by atoms with Gasteiger partial charge in [0.05, 0.1) is 12.7 Å². The van der Waals surface area contributed by atoms with E-state index in [2.05, 4.69) is 31.3 Å². The van der Waals surface area contributed by atoms with Gasteiger partial charge in [-0.2, -0.15) is 0 Å². The highest BCUT2D eigenvalue weighted by molar-refractivity contribution is 7.99. The molecule has 1 aromatic rings. The van der Waals surface area contributed by atoms with Crippen molar-refractivity contribution in [2.45, 2.75) is 43.3 Å². The lowest BCUT2D eigenvalue weighted by molar-refractivity contribution is -0.120. The topological polar surface area (TPSA) is 66.5 Å². The molecule has 0 aromatic heterocycles. The molecule has 1 saturated heterocycles. The monoisotopic (exact) mass is 384 g/mol. The van der Waals surface area contributed by atoms with Crippen molar-refractivity contribution in [1.82, 2.24) is 9.62 Å². The van der Waals surface area contributed by atoms with Gasteiger partial charge in [0.15, 0.2) is 0 Å². The average molecular weight is 385 g/mol. The number of carbonyl (C=O) groups is 1. The predicted octanol–water partition coefficient (Wildman–Crippen LogP) is 2.52. The molecule has 0 bridgehead atoms. The summed E-state index contributed by atoms with van der Waals surface area (Å²) in [5.74, 6) is 0.376. The Kier molecular flexibility index (Phi) is 7.34. The van der Waals surface area contributed by atoms with E-state index in [0.717, 1.165) is 18.4 Å². The van der Waals surface area contributed by atoms with Gasteiger partial charge < -0.3 is 5.32 Å². The summed E-state index contributed by atoms with van der Waals surface area (Å²) in [5.41, 5.74) is 1.01. The third-order valence-corrected chi connectivity index (χ3v) is 6.61. The molecule has 5 nitrogen and oxygen atoms in total. The molecule has 0 aliphatic carbocycles. The fourth-order valence-corrected chi connectivity index (χ4v) is 4.62. The second-order valence-corrected chi connectivity index (χ2v) is 10.5. The van der Waals surface area contributed by atoms with E-state index in [4.69, 9.17) is 0 Å². The van der Waals surface area contributed by atoms with Crippen LogP contribution >= 0.6 is 11.8 Å². The van der Waals surface area contributed by atoms with Gasteiger partial charge in [-0.05, 0) is 36.5 Å². The third kappa shape index (κ3) is 6.99. The van der Waals surface area contributed by atoms with Crippen molar-refractivity contribution < 1.29 is 13.2 Å². The van der Waals surface area contributed by atoms with Gasteiger partial charge in [0.1, 0.15) is 0 Å². The molecule has 0 radical (unpaired) electrons. The number of carbonyl (C=O) groups excluding carboxylic acids is 1. The van der Waals surface area contributed by atoms with Crippen LogP contribution in [0.1, 0.15) is 32.3 Å². The molecule has 140 valence electrons. The zero-order valence-corrected chi connectivity index (χ0v) is 16.8. The van der Waals surface area contributed by atoms with Gasteiger partial charge in [-0.1, -0.05) is 26.0 Å². The average Bonchev–Trinajstić information content (AvgIpc) is 2.54. The van der Waals surface area contributed by atoms with Gasteiger partial charge >= 0.3 is 0 Å². The normalized spacial score (nSPS) is 17.0. The van der Waals surface area contributed by atoms with E-state index in [1.54, 1.807) is 0 Å². The van der Waals surface area contributed by atoms with E-state index in [1.807, 2.05) is 23.9 Å². The summed E-state index contributed by atoms with van der Waals surface area (Å²) in [6.45, 7) is 6.04. The summed E-state index contributed by atoms with van der Waals surface area (Å²) >= 11 is 1.81. The first-order chi connectivity index (χ1) is 11.7. The fourth-order valence-electron chi connectivity index (χ4n) is 2.91. The van der Waals surface area contributed by atoms with Crippen molar-refractivity contribution in [1.29, 1.82) is 0 Å². The molecular formula is C18H28N2O3S2. The van der Waals surface area contributed by atoms with Gasteiger partial charge in [0.2, 0.25) is 15.9 Å². The van der Waals surface area contributed by atoms with Crippen LogP contribution in [0.3, 0.4) is 0 Å². The number of piperidine rings is 1. The molecule has 1 N–H and O–H groups in total. The second-order valence-electron chi connectivity index (χ2n) is 6.90. The second kappa shape index (κ2) is 9.05. The van der Waals surface area contributed by atoms with Gasteiger partial charge in [-0.25, -0.2) is 12.7 Å². The molecule has 0 saturated carbocycles. The number of benzene rings is 1. The third-order valence-electron chi connectivity index (χ3n) is 4.29. The summed E-state index contributed by atoms with van der Waals surface area (Å²) < 4.78 is 24.5. The number of thioether (sulfide) groups is 1. The Hall–Kier alpha value is -1.05. The smallest absolute Gasteiger partial charge is 0.224 e. The number of amides is 1. The molecule has 1 aliphatic heterocycles. The molecule has 1 aliphatic rings. The Bertz CT molecular complexity index is 664. The van der Waals surface area contributed by atoms with Crippen molar-refractivity contribution >= 4 is 27.7 Å². The summed E-state index contributed by atoms with van der Waals surface area (Å²) in [7, 11) is -3.09. The summed E-state index contributed by atoms with van der Waals surface area (Å²) in [6, 6.07) is 8.14. The molecule has 1 heterocycles. The van der Waals surface area contributed by atoms with Crippen LogP contribution in [-0.4, -0.2) is 49.8 Å². The minimum absolute atomic E-state index is 0.0230. The Morgan fingerprint density at radius 1 is 1.24 bits per heavy atom. The lowest BCUT2D eigenvalue weighted by Gasteiger charge is -2.30. The van der Waals surface area contributed by atoms with Gasteiger partial charge in [0.25, 0.3) is 0 Å². The van der Waals surface area contributed by atoms with Crippen molar-refractivity contribution in [2.75, 3.05) is 25.9 Å². The van der Waals surface area contributed by atoms with E-state index in [9.17, 15) is 13.2 Å². The van der Waals surface area contributed by atoms with E-state index < -0.39 is 10.0 Å². The van der Waals surface area contributed by atoms with Crippen LogP contribution in [0.5, 0.6) is 0 Å². The highest BCUT2D eigenvalue weighted by atomic mass is 32.2. The van der Waals surface area contributed by atoms with Crippen LogP contribution in [0.25, 0.3) is 0 Å².